The van der Waals surface area contributed by atoms with Gasteiger partial charge >= 0.3 is 0 Å². The van der Waals surface area contributed by atoms with Crippen LogP contribution in [-0.4, -0.2) is 37.4 Å². The van der Waals surface area contributed by atoms with Crippen LogP contribution in [0.1, 0.15) is 18.4 Å². The molecular weight excluding hydrogens is 374 g/mol. The van der Waals surface area contributed by atoms with Crippen molar-refractivity contribution in [3.8, 4) is 11.9 Å². The maximum Gasteiger partial charge on any atom is 0.244 e. The molecule has 1 saturated heterocycles. The third-order valence-corrected chi connectivity index (χ3v) is 6.63. The number of benzene rings is 1. The van der Waals surface area contributed by atoms with Crippen LogP contribution in [0.2, 0.25) is 5.02 Å². The molecule has 1 aromatic heterocycles. The fourth-order valence-electron chi connectivity index (χ4n) is 2.94. The number of aromatic nitrogens is 1. The second-order valence-corrected chi connectivity index (χ2v) is 8.42. The first-order chi connectivity index (χ1) is 12.5. The highest BCUT2D eigenvalue weighted by molar-refractivity contribution is 7.89. The van der Waals surface area contributed by atoms with Crippen molar-refractivity contribution in [1.82, 2.24) is 9.29 Å². The molecule has 1 aliphatic rings. The van der Waals surface area contributed by atoms with E-state index < -0.39 is 10.0 Å². The first kappa shape index (κ1) is 18.6. The van der Waals surface area contributed by atoms with Crippen LogP contribution in [0.5, 0.6) is 5.88 Å². The molecule has 3 rings (SSSR count). The Labute approximate surface area is 158 Å². The molecule has 0 saturated carbocycles. The Morgan fingerprint density at radius 3 is 2.92 bits per heavy atom. The zero-order valence-electron chi connectivity index (χ0n) is 14.0. The molecule has 0 spiro atoms. The van der Waals surface area contributed by atoms with Crippen LogP contribution < -0.4 is 4.74 Å². The molecule has 0 N–H and O–H groups in total. The van der Waals surface area contributed by atoms with Crippen LogP contribution in [0.3, 0.4) is 0 Å². The van der Waals surface area contributed by atoms with Gasteiger partial charge in [0, 0.05) is 31.3 Å². The van der Waals surface area contributed by atoms with Crippen molar-refractivity contribution in [1.29, 1.82) is 5.26 Å². The molecule has 1 aromatic carbocycles. The predicted molar refractivity (Wildman–Crippen MR) is 97.4 cm³/mol. The van der Waals surface area contributed by atoms with Gasteiger partial charge in [0.05, 0.1) is 23.3 Å². The lowest BCUT2D eigenvalue weighted by Gasteiger charge is -2.31. The first-order valence-electron chi connectivity index (χ1n) is 8.24. The van der Waals surface area contributed by atoms with Gasteiger partial charge in [0.2, 0.25) is 15.9 Å². The maximum absolute atomic E-state index is 12.9. The van der Waals surface area contributed by atoms with Crippen molar-refractivity contribution in [2.24, 2.45) is 5.92 Å². The molecule has 2 heterocycles. The smallest absolute Gasteiger partial charge is 0.244 e. The number of hydrogen-bond acceptors (Lipinski definition) is 5. The fraction of sp³-hybridized carbons (Fsp3) is 0.333. The van der Waals surface area contributed by atoms with Crippen LogP contribution >= 0.6 is 11.6 Å². The molecule has 26 heavy (non-hydrogen) atoms. The van der Waals surface area contributed by atoms with Gasteiger partial charge in [-0.25, -0.2) is 13.4 Å². The summed E-state index contributed by atoms with van der Waals surface area (Å²) in [6, 6.07) is 11.7. The summed E-state index contributed by atoms with van der Waals surface area (Å²) in [6.07, 6.45) is 3.14. The lowest BCUT2D eigenvalue weighted by Crippen LogP contribution is -2.41. The van der Waals surface area contributed by atoms with E-state index in [-0.39, 0.29) is 15.8 Å². The van der Waals surface area contributed by atoms with Gasteiger partial charge < -0.3 is 4.74 Å². The number of ether oxygens (including phenoxy) is 1. The molecule has 1 unspecified atom stereocenters. The second-order valence-electron chi connectivity index (χ2n) is 6.11. The number of rotatable bonds is 5. The zero-order chi connectivity index (χ0) is 18.6. The molecule has 1 atom stereocenters. The largest absolute Gasteiger partial charge is 0.477 e. The number of pyridine rings is 1. The molecule has 1 fully saturated rings. The number of sulfonamides is 1. The van der Waals surface area contributed by atoms with E-state index in [9.17, 15) is 8.42 Å². The van der Waals surface area contributed by atoms with E-state index in [1.54, 1.807) is 30.3 Å². The normalized spacial score (nSPS) is 18.2. The fourth-order valence-corrected chi connectivity index (χ4v) is 4.98. The highest BCUT2D eigenvalue weighted by Gasteiger charge is 2.31. The van der Waals surface area contributed by atoms with Crippen molar-refractivity contribution >= 4 is 21.6 Å². The van der Waals surface area contributed by atoms with E-state index in [1.807, 2.05) is 6.07 Å². The summed E-state index contributed by atoms with van der Waals surface area (Å²) in [5, 5.41) is 9.14. The van der Waals surface area contributed by atoms with Crippen molar-refractivity contribution in [2.45, 2.75) is 17.7 Å². The highest BCUT2D eigenvalue weighted by atomic mass is 35.5. The second kappa shape index (κ2) is 8.04. The van der Waals surface area contributed by atoms with Crippen molar-refractivity contribution < 1.29 is 13.2 Å². The summed E-state index contributed by atoms with van der Waals surface area (Å²) in [5.74, 6) is 0.420. The lowest BCUT2D eigenvalue weighted by atomic mass is 10.0. The summed E-state index contributed by atoms with van der Waals surface area (Å²) in [5.41, 5.74) is 0.474. The quantitative estimate of drug-likeness (QED) is 0.782. The summed E-state index contributed by atoms with van der Waals surface area (Å²) in [4.78, 5) is 4.21. The standard InChI is InChI=1S/C18H18ClN3O3S/c19-16-5-1-2-6-17(16)26(23,24)22-9-3-4-15(12-22)13-25-18-10-14(11-20)7-8-21-18/h1-2,5-8,10,15H,3-4,9,12-13H2. The molecule has 8 heteroatoms. The highest BCUT2D eigenvalue weighted by Crippen LogP contribution is 2.28. The minimum Gasteiger partial charge on any atom is -0.477 e. The summed E-state index contributed by atoms with van der Waals surface area (Å²) in [6.45, 7) is 1.17. The van der Waals surface area contributed by atoms with E-state index in [4.69, 9.17) is 21.6 Å². The number of piperidine rings is 1. The molecule has 0 aliphatic carbocycles. The van der Waals surface area contributed by atoms with Crippen LogP contribution in [-0.2, 0) is 10.0 Å². The van der Waals surface area contributed by atoms with Gasteiger partial charge in [-0.1, -0.05) is 23.7 Å². The molecule has 0 bridgehead atoms. The van der Waals surface area contributed by atoms with Crippen LogP contribution in [0.4, 0.5) is 0 Å². The average Bonchev–Trinajstić information content (AvgIpc) is 2.67. The van der Waals surface area contributed by atoms with Crippen molar-refractivity contribution in [3.05, 3.63) is 53.2 Å². The lowest BCUT2D eigenvalue weighted by molar-refractivity contribution is 0.176. The van der Waals surface area contributed by atoms with Crippen LogP contribution in [0, 0.1) is 17.2 Å². The minimum absolute atomic E-state index is 0.0496. The van der Waals surface area contributed by atoms with Crippen molar-refractivity contribution in [3.63, 3.8) is 0 Å². The SMILES string of the molecule is N#Cc1ccnc(OCC2CCCN(S(=O)(=O)c3ccccc3Cl)C2)c1. The zero-order valence-corrected chi connectivity index (χ0v) is 15.6. The van der Waals surface area contributed by atoms with Gasteiger partial charge in [0.1, 0.15) is 4.90 Å². The third-order valence-electron chi connectivity index (χ3n) is 4.27. The monoisotopic (exact) mass is 391 g/mol. The number of nitriles is 1. The summed E-state index contributed by atoms with van der Waals surface area (Å²) < 4.78 is 32.9. The molecule has 1 aliphatic heterocycles. The van der Waals surface area contributed by atoms with E-state index in [1.165, 1.54) is 16.6 Å². The Balaban J connectivity index is 1.67. The molecular formula is C18H18ClN3O3S. The van der Waals surface area contributed by atoms with Gasteiger partial charge in [0.25, 0.3) is 0 Å². The molecule has 136 valence electrons. The van der Waals surface area contributed by atoms with Crippen LogP contribution in [0.15, 0.2) is 47.5 Å². The van der Waals surface area contributed by atoms with E-state index in [2.05, 4.69) is 4.98 Å². The first-order valence-corrected chi connectivity index (χ1v) is 10.1. The number of halogens is 1. The van der Waals surface area contributed by atoms with Gasteiger partial charge in [-0.15, -0.1) is 0 Å². The number of hydrogen-bond donors (Lipinski definition) is 0. The maximum atomic E-state index is 12.9. The topological polar surface area (TPSA) is 83.3 Å². The van der Waals surface area contributed by atoms with E-state index in [0.29, 0.717) is 31.1 Å². The predicted octanol–water partition coefficient (Wildman–Crippen LogP) is 3.09. The van der Waals surface area contributed by atoms with Gasteiger partial charge in [-0.3, -0.25) is 0 Å². The van der Waals surface area contributed by atoms with Gasteiger partial charge in [0.15, 0.2) is 0 Å². The Hall–Kier alpha value is -2.14. The Morgan fingerprint density at radius 2 is 2.15 bits per heavy atom. The summed E-state index contributed by atoms with van der Waals surface area (Å²) >= 11 is 6.07. The molecule has 0 radical (unpaired) electrons. The average molecular weight is 392 g/mol. The Kier molecular flexibility index (Phi) is 5.77. The molecule has 6 nitrogen and oxygen atoms in total. The van der Waals surface area contributed by atoms with Gasteiger partial charge in [-0.05, 0) is 31.0 Å². The van der Waals surface area contributed by atoms with Crippen LogP contribution in [0.25, 0.3) is 0 Å². The Bertz CT molecular complexity index is 927. The summed E-state index contributed by atoms with van der Waals surface area (Å²) in [7, 11) is -3.63. The van der Waals surface area contributed by atoms with Gasteiger partial charge in [-0.2, -0.15) is 9.57 Å². The minimum atomic E-state index is -3.63. The molecule has 0 amide bonds. The molecule has 2 aromatic rings. The van der Waals surface area contributed by atoms with E-state index in [0.717, 1.165) is 12.8 Å². The van der Waals surface area contributed by atoms with E-state index >= 15 is 0 Å². The van der Waals surface area contributed by atoms with Crippen molar-refractivity contribution in [2.75, 3.05) is 19.7 Å². The number of nitrogens with zero attached hydrogens (tertiary/aromatic N) is 3. The third kappa shape index (κ3) is 4.15. The Morgan fingerprint density at radius 1 is 1.35 bits per heavy atom.